The lowest BCUT2D eigenvalue weighted by Crippen LogP contribution is -2.52. The Hall–Kier alpha value is -2.25. The number of halogens is 1. The summed E-state index contributed by atoms with van der Waals surface area (Å²) in [6.45, 7) is 6.70. The number of H-pyrrole nitrogens is 1. The van der Waals surface area contributed by atoms with E-state index in [-0.39, 0.29) is 6.61 Å². The summed E-state index contributed by atoms with van der Waals surface area (Å²) < 4.78 is 0. The van der Waals surface area contributed by atoms with Crippen LogP contribution in [0.2, 0.25) is 5.02 Å². The summed E-state index contributed by atoms with van der Waals surface area (Å²) in [5.41, 5.74) is 5.43. The van der Waals surface area contributed by atoms with Gasteiger partial charge in [0.25, 0.3) is 0 Å². The third kappa shape index (κ3) is 5.08. The molecule has 1 aliphatic rings. The average molecular weight is 426 g/mol. The van der Waals surface area contributed by atoms with Gasteiger partial charge < -0.3 is 5.11 Å². The van der Waals surface area contributed by atoms with Crippen molar-refractivity contribution in [3.63, 3.8) is 0 Å². The number of pyridine rings is 1. The fourth-order valence-corrected chi connectivity index (χ4v) is 4.29. The van der Waals surface area contributed by atoms with Crippen LogP contribution >= 0.6 is 11.6 Å². The van der Waals surface area contributed by atoms with Crippen LogP contribution in [-0.4, -0.2) is 62.4 Å². The number of rotatable bonds is 7. The van der Waals surface area contributed by atoms with Crippen LogP contribution in [0, 0.1) is 6.92 Å². The van der Waals surface area contributed by atoms with E-state index in [1.165, 1.54) is 5.56 Å². The van der Waals surface area contributed by atoms with Crippen LogP contribution in [0.15, 0.2) is 48.7 Å². The van der Waals surface area contributed by atoms with Gasteiger partial charge in [-0.3, -0.25) is 19.9 Å². The molecule has 1 aliphatic heterocycles. The van der Waals surface area contributed by atoms with Gasteiger partial charge in [0.05, 0.1) is 17.6 Å². The van der Waals surface area contributed by atoms with Crippen LogP contribution < -0.4 is 0 Å². The van der Waals surface area contributed by atoms with Gasteiger partial charge in [-0.25, -0.2) is 0 Å². The van der Waals surface area contributed by atoms with Crippen molar-refractivity contribution in [1.29, 1.82) is 0 Å². The van der Waals surface area contributed by atoms with Crippen molar-refractivity contribution in [3.8, 4) is 11.3 Å². The minimum Gasteiger partial charge on any atom is -0.396 e. The smallest absolute Gasteiger partial charge is 0.0695 e. The molecule has 3 aromatic rings. The molecule has 0 unspecified atom stereocenters. The molecule has 0 spiro atoms. The number of aryl methyl sites for hydroxylation is 1. The Balaban J connectivity index is 1.44. The molecule has 1 fully saturated rings. The molecular weight excluding hydrogens is 398 g/mol. The first kappa shape index (κ1) is 21.0. The maximum absolute atomic E-state index is 9.62. The van der Waals surface area contributed by atoms with Gasteiger partial charge in [-0.15, -0.1) is 0 Å². The topological polar surface area (TPSA) is 68.3 Å². The third-order valence-corrected chi connectivity index (χ3v) is 5.96. The molecule has 2 aromatic heterocycles. The van der Waals surface area contributed by atoms with Crippen molar-refractivity contribution in [2.45, 2.75) is 32.5 Å². The van der Waals surface area contributed by atoms with E-state index >= 15 is 0 Å². The molecule has 158 valence electrons. The summed E-state index contributed by atoms with van der Waals surface area (Å²) in [4.78, 5) is 9.55. The summed E-state index contributed by atoms with van der Waals surface area (Å²) in [6.07, 6.45) is 2.67. The number of aliphatic hydroxyl groups is 1. The van der Waals surface area contributed by atoms with Crippen LogP contribution in [0.3, 0.4) is 0 Å². The Labute approximate surface area is 182 Å². The first-order chi connectivity index (χ1) is 14.6. The first-order valence-electron chi connectivity index (χ1n) is 10.4. The zero-order chi connectivity index (χ0) is 20.9. The van der Waals surface area contributed by atoms with Gasteiger partial charge in [0, 0.05) is 61.7 Å². The normalized spacial score (nSPS) is 18.0. The van der Waals surface area contributed by atoms with Gasteiger partial charge >= 0.3 is 0 Å². The first-order valence-corrected chi connectivity index (χ1v) is 10.8. The molecular formula is C23H28ClN5O. The van der Waals surface area contributed by atoms with Crippen molar-refractivity contribution < 1.29 is 5.11 Å². The lowest BCUT2D eigenvalue weighted by atomic mass is 10.1. The summed E-state index contributed by atoms with van der Waals surface area (Å²) in [7, 11) is 0. The minimum absolute atomic E-state index is 0.192. The quantitative estimate of drug-likeness (QED) is 0.606. The van der Waals surface area contributed by atoms with Gasteiger partial charge in [-0.2, -0.15) is 5.10 Å². The Morgan fingerprint density at radius 3 is 2.73 bits per heavy atom. The minimum atomic E-state index is 0.192. The molecule has 3 heterocycles. The van der Waals surface area contributed by atoms with Crippen LogP contribution in [0.1, 0.15) is 23.4 Å². The second-order valence-corrected chi connectivity index (χ2v) is 8.36. The SMILES string of the molecule is Cc1cccc(CN2CCN(Cc3cn[nH]c3-c3ccc(Cl)cc3)C[C@H]2CCO)n1. The Bertz CT molecular complexity index is 958. The highest BCUT2D eigenvalue weighted by Gasteiger charge is 2.27. The molecule has 6 nitrogen and oxygen atoms in total. The number of piperazine rings is 1. The molecule has 1 aromatic carbocycles. The fraction of sp³-hybridized carbons (Fsp3) is 0.391. The Kier molecular flexibility index (Phi) is 6.79. The van der Waals surface area contributed by atoms with E-state index in [1.807, 2.05) is 43.5 Å². The van der Waals surface area contributed by atoms with Crippen molar-refractivity contribution in [2.75, 3.05) is 26.2 Å². The van der Waals surface area contributed by atoms with Crippen LogP contribution in [0.5, 0.6) is 0 Å². The van der Waals surface area contributed by atoms with E-state index in [0.717, 1.165) is 66.8 Å². The molecule has 0 amide bonds. The molecule has 0 saturated carbocycles. The highest BCUT2D eigenvalue weighted by atomic mass is 35.5. The Morgan fingerprint density at radius 2 is 1.97 bits per heavy atom. The molecule has 4 rings (SSSR count). The number of hydrogen-bond acceptors (Lipinski definition) is 5. The van der Waals surface area contributed by atoms with Gasteiger partial charge in [0.15, 0.2) is 0 Å². The molecule has 0 bridgehead atoms. The van der Waals surface area contributed by atoms with Gasteiger partial charge in [-0.1, -0.05) is 29.8 Å². The van der Waals surface area contributed by atoms with E-state index in [9.17, 15) is 5.11 Å². The molecule has 2 N–H and O–H groups in total. The second kappa shape index (κ2) is 9.71. The molecule has 0 radical (unpaired) electrons. The van der Waals surface area contributed by atoms with E-state index in [0.29, 0.717) is 6.04 Å². The van der Waals surface area contributed by atoms with Crippen LogP contribution in [0.4, 0.5) is 0 Å². The third-order valence-electron chi connectivity index (χ3n) is 5.71. The van der Waals surface area contributed by atoms with Crippen molar-refractivity contribution >= 4 is 11.6 Å². The second-order valence-electron chi connectivity index (χ2n) is 7.92. The predicted octanol–water partition coefficient (Wildman–Crippen LogP) is 3.50. The van der Waals surface area contributed by atoms with Gasteiger partial charge in [0.1, 0.15) is 0 Å². The van der Waals surface area contributed by atoms with Crippen molar-refractivity contribution in [1.82, 2.24) is 25.0 Å². The lowest BCUT2D eigenvalue weighted by molar-refractivity contribution is 0.0492. The molecule has 30 heavy (non-hydrogen) atoms. The van der Waals surface area contributed by atoms with E-state index in [4.69, 9.17) is 11.6 Å². The van der Waals surface area contributed by atoms with Crippen molar-refractivity contribution in [3.05, 3.63) is 70.6 Å². The summed E-state index contributed by atoms with van der Waals surface area (Å²) >= 11 is 6.03. The van der Waals surface area contributed by atoms with Gasteiger partial charge in [-0.05, 0) is 43.2 Å². The number of aromatic nitrogens is 3. The molecule has 1 atom stereocenters. The average Bonchev–Trinajstić information content (AvgIpc) is 3.19. The highest BCUT2D eigenvalue weighted by Crippen LogP contribution is 2.25. The zero-order valence-corrected chi connectivity index (χ0v) is 18.0. The van der Waals surface area contributed by atoms with E-state index in [1.54, 1.807) is 0 Å². The largest absolute Gasteiger partial charge is 0.396 e. The maximum atomic E-state index is 9.62. The summed E-state index contributed by atoms with van der Waals surface area (Å²) in [5.74, 6) is 0. The number of aromatic amines is 1. The van der Waals surface area contributed by atoms with Crippen LogP contribution in [-0.2, 0) is 13.1 Å². The van der Waals surface area contributed by atoms with Crippen molar-refractivity contribution in [2.24, 2.45) is 0 Å². The zero-order valence-electron chi connectivity index (χ0n) is 17.3. The Morgan fingerprint density at radius 1 is 1.13 bits per heavy atom. The maximum Gasteiger partial charge on any atom is 0.0695 e. The molecule has 0 aliphatic carbocycles. The number of aliphatic hydroxyl groups excluding tert-OH is 1. The lowest BCUT2D eigenvalue weighted by Gasteiger charge is -2.41. The fourth-order valence-electron chi connectivity index (χ4n) is 4.17. The molecule has 1 saturated heterocycles. The standard InChI is InChI=1S/C23H28ClN5O/c1-17-3-2-4-21(26-17)15-29-11-10-28(16-22(29)9-12-30)14-19-13-25-27-23(19)18-5-7-20(24)8-6-18/h2-8,13,22,30H,9-12,14-16H2,1H3,(H,25,27)/t22-/m1/s1. The summed E-state index contributed by atoms with van der Waals surface area (Å²) in [6, 6.07) is 14.3. The summed E-state index contributed by atoms with van der Waals surface area (Å²) in [5, 5.41) is 17.8. The number of hydrogen-bond donors (Lipinski definition) is 2. The monoisotopic (exact) mass is 425 g/mol. The van der Waals surface area contributed by atoms with Gasteiger partial charge in [0.2, 0.25) is 0 Å². The number of nitrogens with one attached hydrogen (secondary N) is 1. The van der Waals surface area contributed by atoms with Crippen LogP contribution in [0.25, 0.3) is 11.3 Å². The predicted molar refractivity (Wildman–Crippen MR) is 119 cm³/mol. The molecule has 7 heteroatoms. The number of benzene rings is 1. The number of nitrogens with zero attached hydrogens (tertiary/aromatic N) is 4. The van der Waals surface area contributed by atoms with E-state index in [2.05, 4.69) is 37.1 Å². The highest BCUT2D eigenvalue weighted by molar-refractivity contribution is 6.30. The van der Waals surface area contributed by atoms with E-state index < -0.39 is 0 Å².